The zero-order valence-corrected chi connectivity index (χ0v) is 15.5. The first kappa shape index (κ1) is 16.2. The van der Waals surface area contributed by atoms with Crippen LogP contribution in [0.15, 0.2) is 47.8 Å². The predicted octanol–water partition coefficient (Wildman–Crippen LogP) is 4.63. The zero-order chi connectivity index (χ0) is 18.4. The van der Waals surface area contributed by atoms with Gasteiger partial charge in [-0.15, -0.1) is 11.3 Å². The number of benzene rings is 2. The first-order valence-electron chi connectivity index (χ1n) is 8.68. The van der Waals surface area contributed by atoms with Gasteiger partial charge in [0.1, 0.15) is 5.75 Å². The van der Waals surface area contributed by atoms with Gasteiger partial charge in [0.15, 0.2) is 11.5 Å². The lowest BCUT2D eigenvalue weighted by Crippen LogP contribution is -2.22. The Morgan fingerprint density at radius 1 is 1.11 bits per heavy atom. The van der Waals surface area contributed by atoms with Crippen LogP contribution in [0.2, 0.25) is 0 Å². The molecule has 1 atom stereocenters. The van der Waals surface area contributed by atoms with Crippen molar-refractivity contribution in [2.75, 3.05) is 19.2 Å². The van der Waals surface area contributed by atoms with Crippen LogP contribution in [0, 0.1) is 0 Å². The highest BCUT2D eigenvalue weighted by molar-refractivity contribution is 7.11. The molecular weight excluding hydrogens is 362 g/mol. The van der Waals surface area contributed by atoms with E-state index < -0.39 is 0 Å². The van der Waals surface area contributed by atoms with Gasteiger partial charge in [0.25, 0.3) is 0 Å². The van der Waals surface area contributed by atoms with Crippen LogP contribution in [0.3, 0.4) is 0 Å². The van der Waals surface area contributed by atoms with Gasteiger partial charge in [0.05, 0.1) is 12.8 Å². The van der Waals surface area contributed by atoms with E-state index in [-0.39, 0.29) is 18.6 Å². The van der Waals surface area contributed by atoms with Gasteiger partial charge in [-0.05, 0) is 35.4 Å². The number of nitrogens with one attached hydrogen (secondary N) is 1. The zero-order valence-electron chi connectivity index (χ0n) is 14.7. The van der Waals surface area contributed by atoms with Gasteiger partial charge >= 0.3 is 0 Å². The number of anilines is 1. The SMILES string of the molecule is COc1ccc(-c2csc3c2NC(=O)C[C@H]3c2ccc3c(c2)OCO3)cc1. The number of thiophene rings is 1. The maximum atomic E-state index is 12.4. The summed E-state index contributed by atoms with van der Waals surface area (Å²) in [5, 5.41) is 5.18. The number of ether oxygens (including phenoxy) is 3. The fourth-order valence-electron chi connectivity index (χ4n) is 3.61. The molecule has 0 saturated carbocycles. The van der Waals surface area contributed by atoms with E-state index in [0.29, 0.717) is 6.42 Å². The van der Waals surface area contributed by atoms with Crippen LogP contribution in [0.4, 0.5) is 5.69 Å². The molecule has 0 unspecified atom stereocenters. The van der Waals surface area contributed by atoms with E-state index in [1.807, 2.05) is 42.5 Å². The minimum Gasteiger partial charge on any atom is -0.497 e. The Morgan fingerprint density at radius 2 is 1.93 bits per heavy atom. The average molecular weight is 379 g/mol. The number of rotatable bonds is 3. The maximum Gasteiger partial charge on any atom is 0.231 e. The smallest absolute Gasteiger partial charge is 0.231 e. The number of amides is 1. The molecule has 0 spiro atoms. The van der Waals surface area contributed by atoms with Gasteiger partial charge in [-0.3, -0.25) is 4.79 Å². The van der Waals surface area contributed by atoms with Crippen molar-refractivity contribution in [3.63, 3.8) is 0 Å². The van der Waals surface area contributed by atoms with Crippen LogP contribution >= 0.6 is 11.3 Å². The summed E-state index contributed by atoms with van der Waals surface area (Å²) < 4.78 is 16.2. The lowest BCUT2D eigenvalue weighted by molar-refractivity contribution is -0.116. The van der Waals surface area contributed by atoms with E-state index in [1.54, 1.807) is 18.4 Å². The summed E-state index contributed by atoms with van der Waals surface area (Å²) in [5.74, 6) is 2.35. The van der Waals surface area contributed by atoms with Crippen LogP contribution in [0.25, 0.3) is 11.1 Å². The second-order valence-corrected chi connectivity index (χ2v) is 7.45. The van der Waals surface area contributed by atoms with Crippen molar-refractivity contribution in [3.8, 4) is 28.4 Å². The number of carbonyl (C=O) groups excluding carboxylic acids is 1. The van der Waals surface area contributed by atoms with E-state index in [4.69, 9.17) is 14.2 Å². The van der Waals surface area contributed by atoms with Crippen molar-refractivity contribution >= 4 is 22.9 Å². The molecule has 3 aromatic rings. The van der Waals surface area contributed by atoms with E-state index in [0.717, 1.165) is 39.6 Å². The van der Waals surface area contributed by atoms with E-state index in [1.165, 1.54) is 4.88 Å². The van der Waals surface area contributed by atoms with Crippen molar-refractivity contribution in [1.29, 1.82) is 0 Å². The number of hydrogen-bond acceptors (Lipinski definition) is 5. The molecule has 2 aliphatic heterocycles. The monoisotopic (exact) mass is 379 g/mol. The molecule has 1 amide bonds. The van der Waals surface area contributed by atoms with Crippen LogP contribution in [-0.2, 0) is 4.79 Å². The summed E-state index contributed by atoms with van der Waals surface area (Å²) in [5.41, 5.74) is 4.07. The van der Waals surface area contributed by atoms with Crippen molar-refractivity contribution in [2.45, 2.75) is 12.3 Å². The van der Waals surface area contributed by atoms with Gasteiger partial charge in [0.2, 0.25) is 12.7 Å². The Balaban J connectivity index is 1.56. The number of methoxy groups -OCH3 is 1. The summed E-state index contributed by atoms with van der Waals surface area (Å²) in [4.78, 5) is 13.6. The lowest BCUT2D eigenvalue weighted by atomic mass is 9.89. The molecule has 0 fully saturated rings. The fraction of sp³-hybridized carbons (Fsp3) is 0.190. The second kappa shape index (κ2) is 6.32. The van der Waals surface area contributed by atoms with Crippen molar-refractivity contribution in [2.24, 2.45) is 0 Å². The standard InChI is InChI=1S/C21H17NO4S/c1-24-14-5-2-12(3-6-14)16-10-27-21-15(9-19(23)22-20(16)21)13-4-7-17-18(8-13)26-11-25-17/h2-8,10,15H,9,11H2,1H3,(H,22,23)/t15-/m0/s1. The van der Waals surface area contributed by atoms with Gasteiger partial charge < -0.3 is 19.5 Å². The Hall–Kier alpha value is -2.99. The molecule has 0 aliphatic carbocycles. The van der Waals surface area contributed by atoms with E-state index in [9.17, 15) is 4.79 Å². The van der Waals surface area contributed by atoms with Gasteiger partial charge in [-0.2, -0.15) is 0 Å². The summed E-state index contributed by atoms with van der Waals surface area (Å²) in [6.45, 7) is 0.246. The molecule has 0 bridgehead atoms. The van der Waals surface area contributed by atoms with Gasteiger partial charge in [-0.1, -0.05) is 18.2 Å². The fourth-order valence-corrected chi connectivity index (χ4v) is 4.77. The molecular formula is C21H17NO4S. The van der Waals surface area contributed by atoms with E-state index in [2.05, 4.69) is 10.7 Å². The first-order chi connectivity index (χ1) is 13.2. The largest absolute Gasteiger partial charge is 0.497 e. The van der Waals surface area contributed by atoms with Gasteiger partial charge in [0, 0.05) is 28.2 Å². The van der Waals surface area contributed by atoms with Crippen molar-refractivity contribution in [1.82, 2.24) is 0 Å². The molecule has 0 saturated heterocycles. The highest BCUT2D eigenvalue weighted by Gasteiger charge is 2.31. The Kier molecular flexibility index (Phi) is 3.79. The highest BCUT2D eigenvalue weighted by Crippen LogP contribution is 2.48. The third-order valence-electron chi connectivity index (χ3n) is 4.99. The number of carbonyl (C=O) groups is 1. The highest BCUT2D eigenvalue weighted by atomic mass is 32.1. The van der Waals surface area contributed by atoms with Crippen LogP contribution in [-0.4, -0.2) is 19.8 Å². The van der Waals surface area contributed by atoms with Crippen LogP contribution in [0.1, 0.15) is 22.8 Å². The molecule has 27 heavy (non-hydrogen) atoms. The van der Waals surface area contributed by atoms with Crippen molar-refractivity contribution in [3.05, 3.63) is 58.3 Å². The molecule has 3 heterocycles. The van der Waals surface area contributed by atoms with Crippen LogP contribution < -0.4 is 19.5 Å². The normalized spacial score (nSPS) is 17.4. The maximum absolute atomic E-state index is 12.4. The average Bonchev–Trinajstić information content (AvgIpc) is 3.33. The molecule has 1 aromatic heterocycles. The summed E-state index contributed by atoms with van der Waals surface area (Å²) in [6.07, 6.45) is 0.426. The molecule has 2 aromatic carbocycles. The second-order valence-electron chi connectivity index (χ2n) is 6.53. The quantitative estimate of drug-likeness (QED) is 0.721. The van der Waals surface area contributed by atoms with Crippen LogP contribution in [0.5, 0.6) is 17.2 Å². The summed E-state index contributed by atoms with van der Waals surface area (Å²) >= 11 is 1.68. The predicted molar refractivity (Wildman–Crippen MR) is 104 cm³/mol. The Morgan fingerprint density at radius 3 is 2.74 bits per heavy atom. The third kappa shape index (κ3) is 2.73. The minimum atomic E-state index is 0.0141. The van der Waals surface area contributed by atoms with E-state index >= 15 is 0 Å². The number of hydrogen-bond donors (Lipinski definition) is 1. The third-order valence-corrected chi connectivity index (χ3v) is 6.09. The molecule has 2 aliphatic rings. The van der Waals surface area contributed by atoms with Crippen molar-refractivity contribution < 1.29 is 19.0 Å². The Bertz CT molecular complexity index is 1030. The molecule has 5 nitrogen and oxygen atoms in total. The van der Waals surface area contributed by atoms with Gasteiger partial charge in [-0.25, -0.2) is 0 Å². The molecule has 0 radical (unpaired) electrons. The molecule has 6 heteroatoms. The molecule has 1 N–H and O–H groups in total. The molecule has 136 valence electrons. The lowest BCUT2D eigenvalue weighted by Gasteiger charge is -2.24. The Labute approximate surface area is 160 Å². The number of fused-ring (bicyclic) bond motifs is 2. The molecule has 5 rings (SSSR count). The first-order valence-corrected chi connectivity index (χ1v) is 9.56. The summed E-state index contributed by atoms with van der Waals surface area (Å²) in [7, 11) is 1.65. The topological polar surface area (TPSA) is 56.8 Å². The summed E-state index contributed by atoms with van der Waals surface area (Å²) in [6, 6.07) is 13.8. The minimum absolute atomic E-state index is 0.0141.